The van der Waals surface area contributed by atoms with Crippen LogP contribution in [0.2, 0.25) is 0 Å². The predicted molar refractivity (Wildman–Crippen MR) is 64.8 cm³/mol. The van der Waals surface area contributed by atoms with Crippen LogP contribution in [0, 0.1) is 0 Å². The fraction of sp³-hybridized carbons (Fsp3) is 0.750. The quantitative estimate of drug-likeness (QED) is 0.765. The van der Waals surface area contributed by atoms with Gasteiger partial charge in [0.25, 0.3) is 0 Å². The summed E-state index contributed by atoms with van der Waals surface area (Å²) in [5, 5.41) is 17.1. The van der Waals surface area contributed by atoms with Crippen LogP contribution < -0.4 is 5.32 Å². The van der Waals surface area contributed by atoms with E-state index in [0.717, 1.165) is 39.0 Å². The molecule has 0 spiro atoms. The molecule has 0 radical (unpaired) electrons. The molecule has 2 N–H and O–H groups in total. The fourth-order valence-corrected chi connectivity index (χ4v) is 2.23. The molecule has 0 aliphatic carbocycles. The number of aryl methyl sites for hydroxylation is 1. The molecule has 0 saturated carbocycles. The molecule has 1 aromatic heterocycles. The first-order chi connectivity index (χ1) is 8.24. The number of aliphatic hydroxyl groups is 1. The Labute approximate surface area is 102 Å². The summed E-state index contributed by atoms with van der Waals surface area (Å²) in [6.45, 7) is 2.52. The number of ether oxygens (including phenoxy) is 1. The van der Waals surface area contributed by atoms with Crippen molar-refractivity contribution in [1.82, 2.24) is 15.1 Å². The number of aromatic nitrogens is 2. The van der Waals surface area contributed by atoms with Gasteiger partial charge in [-0.25, -0.2) is 0 Å². The van der Waals surface area contributed by atoms with Crippen LogP contribution in [-0.2, 0) is 18.2 Å². The Bertz CT molecular complexity index is 345. The molecule has 96 valence electrons. The van der Waals surface area contributed by atoms with Crippen molar-refractivity contribution in [3.63, 3.8) is 0 Å². The van der Waals surface area contributed by atoms with Crippen molar-refractivity contribution < 1.29 is 9.84 Å². The molecule has 1 saturated heterocycles. The molecule has 2 heterocycles. The summed E-state index contributed by atoms with van der Waals surface area (Å²) in [5.74, 6) is 0. The van der Waals surface area contributed by atoms with Crippen LogP contribution in [0.25, 0.3) is 0 Å². The lowest BCUT2D eigenvalue weighted by atomic mass is 9.91. The molecule has 17 heavy (non-hydrogen) atoms. The predicted octanol–water partition coefficient (Wildman–Crippen LogP) is 0.0937. The number of hydrogen-bond donors (Lipinski definition) is 2. The molecule has 0 aromatic carbocycles. The normalized spacial score (nSPS) is 19.4. The van der Waals surface area contributed by atoms with Gasteiger partial charge >= 0.3 is 0 Å². The third kappa shape index (κ3) is 3.28. The monoisotopic (exact) mass is 239 g/mol. The second-order valence-corrected chi connectivity index (χ2v) is 4.75. The van der Waals surface area contributed by atoms with E-state index in [2.05, 4.69) is 10.4 Å². The highest BCUT2D eigenvalue weighted by atomic mass is 16.5. The summed E-state index contributed by atoms with van der Waals surface area (Å²) in [4.78, 5) is 0. The third-order valence-corrected chi connectivity index (χ3v) is 3.42. The van der Waals surface area contributed by atoms with Crippen LogP contribution in [-0.4, -0.2) is 46.8 Å². The van der Waals surface area contributed by atoms with Gasteiger partial charge in [0.15, 0.2) is 0 Å². The minimum Gasteiger partial charge on any atom is -0.394 e. The zero-order valence-electron chi connectivity index (χ0n) is 10.4. The van der Waals surface area contributed by atoms with Crippen LogP contribution in [0.1, 0.15) is 18.4 Å². The molecule has 0 unspecified atom stereocenters. The number of aliphatic hydroxyl groups excluding tert-OH is 1. The van der Waals surface area contributed by atoms with Crippen molar-refractivity contribution >= 4 is 0 Å². The Kier molecular flexibility index (Phi) is 4.15. The van der Waals surface area contributed by atoms with Gasteiger partial charge in [0, 0.05) is 32.0 Å². The van der Waals surface area contributed by atoms with Crippen molar-refractivity contribution in [2.45, 2.75) is 24.8 Å². The largest absolute Gasteiger partial charge is 0.394 e. The Morgan fingerprint density at radius 1 is 1.53 bits per heavy atom. The van der Waals surface area contributed by atoms with E-state index >= 15 is 0 Å². The van der Waals surface area contributed by atoms with Crippen molar-refractivity contribution in [3.8, 4) is 0 Å². The second-order valence-electron chi connectivity index (χ2n) is 4.75. The minimum atomic E-state index is -0.138. The van der Waals surface area contributed by atoms with Gasteiger partial charge in [-0.2, -0.15) is 5.10 Å². The Morgan fingerprint density at radius 3 is 2.88 bits per heavy atom. The van der Waals surface area contributed by atoms with Crippen LogP contribution >= 0.6 is 0 Å². The topological polar surface area (TPSA) is 59.3 Å². The molecule has 1 aliphatic rings. The van der Waals surface area contributed by atoms with Gasteiger partial charge in [0.1, 0.15) is 0 Å². The lowest BCUT2D eigenvalue weighted by molar-refractivity contribution is 0.0123. The maximum Gasteiger partial charge on any atom is 0.0615 e. The summed E-state index contributed by atoms with van der Waals surface area (Å²) in [5.41, 5.74) is 1.08. The zero-order chi connectivity index (χ0) is 12.1. The van der Waals surface area contributed by atoms with Gasteiger partial charge in [-0.05, 0) is 31.4 Å². The lowest BCUT2D eigenvalue weighted by Crippen LogP contribution is -2.52. The summed E-state index contributed by atoms with van der Waals surface area (Å²) in [6, 6.07) is 0. The highest BCUT2D eigenvalue weighted by Gasteiger charge is 2.30. The first-order valence-electron chi connectivity index (χ1n) is 6.15. The van der Waals surface area contributed by atoms with E-state index in [-0.39, 0.29) is 12.1 Å². The van der Waals surface area contributed by atoms with E-state index in [0.29, 0.717) is 0 Å². The lowest BCUT2D eigenvalue weighted by Gasteiger charge is -2.36. The average molecular weight is 239 g/mol. The summed E-state index contributed by atoms with van der Waals surface area (Å²) in [7, 11) is 1.92. The molecule has 5 heteroatoms. The zero-order valence-corrected chi connectivity index (χ0v) is 10.4. The Hall–Kier alpha value is -0.910. The summed E-state index contributed by atoms with van der Waals surface area (Å²) in [6.07, 6.45) is 6.62. The number of hydrogen-bond acceptors (Lipinski definition) is 4. The Morgan fingerprint density at radius 2 is 2.29 bits per heavy atom. The summed E-state index contributed by atoms with van der Waals surface area (Å²) >= 11 is 0. The fourth-order valence-electron chi connectivity index (χ4n) is 2.23. The van der Waals surface area contributed by atoms with Gasteiger partial charge in [0.05, 0.1) is 12.8 Å². The molecule has 1 aromatic rings. The summed E-state index contributed by atoms with van der Waals surface area (Å²) < 4.78 is 7.14. The minimum absolute atomic E-state index is 0.138. The van der Waals surface area contributed by atoms with E-state index in [4.69, 9.17) is 4.74 Å². The molecule has 0 amide bonds. The molecule has 0 atom stereocenters. The van der Waals surface area contributed by atoms with Crippen LogP contribution in [0.4, 0.5) is 0 Å². The Balaban J connectivity index is 1.79. The van der Waals surface area contributed by atoms with Crippen molar-refractivity contribution in [2.24, 2.45) is 7.05 Å². The molecule has 1 aliphatic heterocycles. The van der Waals surface area contributed by atoms with Gasteiger partial charge in [-0.1, -0.05) is 0 Å². The number of nitrogens with one attached hydrogen (secondary N) is 1. The van der Waals surface area contributed by atoms with E-state index in [9.17, 15) is 5.11 Å². The molecule has 1 fully saturated rings. The maximum absolute atomic E-state index is 9.51. The van der Waals surface area contributed by atoms with Gasteiger partial charge in [-0.3, -0.25) is 4.68 Å². The first kappa shape index (κ1) is 12.5. The van der Waals surface area contributed by atoms with E-state index in [1.165, 1.54) is 5.56 Å². The molecular formula is C12H21N3O2. The van der Waals surface area contributed by atoms with Crippen molar-refractivity contribution in [3.05, 3.63) is 18.0 Å². The molecule has 5 nitrogen and oxygen atoms in total. The van der Waals surface area contributed by atoms with Gasteiger partial charge < -0.3 is 15.2 Å². The van der Waals surface area contributed by atoms with E-state index in [1.54, 1.807) is 0 Å². The second kappa shape index (κ2) is 5.62. The smallest absolute Gasteiger partial charge is 0.0615 e. The molecule has 2 rings (SSSR count). The standard InChI is InChI=1S/C12H21N3O2/c1-15-9-11(8-14-15)2-5-13-12(10-16)3-6-17-7-4-12/h8-9,13,16H,2-7,10H2,1H3. The average Bonchev–Trinajstić information content (AvgIpc) is 2.76. The molecular weight excluding hydrogens is 218 g/mol. The highest BCUT2D eigenvalue weighted by molar-refractivity contribution is 5.04. The van der Waals surface area contributed by atoms with Crippen LogP contribution in [0.3, 0.4) is 0 Å². The van der Waals surface area contributed by atoms with Crippen LogP contribution in [0.5, 0.6) is 0 Å². The van der Waals surface area contributed by atoms with E-state index < -0.39 is 0 Å². The molecule has 0 bridgehead atoms. The van der Waals surface area contributed by atoms with Crippen molar-refractivity contribution in [1.29, 1.82) is 0 Å². The van der Waals surface area contributed by atoms with E-state index in [1.807, 2.05) is 24.1 Å². The first-order valence-corrected chi connectivity index (χ1v) is 6.15. The van der Waals surface area contributed by atoms with Gasteiger partial charge in [-0.15, -0.1) is 0 Å². The highest BCUT2D eigenvalue weighted by Crippen LogP contribution is 2.19. The van der Waals surface area contributed by atoms with Crippen molar-refractivity contribution in [2.75, 3.05) is 26.4 Å². The number of nitrogens with zero attached hydrogens (tertiary/aromatic N) is 2. The van der Waals surface area contributed by atoms with Crippen LogP contribution in [0.15, 0.2) is 12.4 Å². The third-order valence-electron chi connectivity index (χ3n) is 3.42. The number of rotatable bonds is 5. The van der Waals surface area contributed by atoms with Gasteiger partial charge in [0.2, 0.25) is 0 Å². The SMILES string of the molecule is Cn1cc(CCNC2(CO)CCOCC2)cn1. The maximum atomic E-state index is 9.51.